The van der Waals surface area contributed by atoms with Gasteiger partial charge in [-0.2, -0.15) is 5.48 Å². The molecule has 0 aliphatic rings. The van der Waals surface area contributed by atoms with Gasteiger partial charge in [-0.25, -0.2) is 0 Å². The highest BCUT2D eigenvalue weighted by Gasteiger charge is 2.09. The van der Waals surface area contributed by atoms with Gasteiger partial charge in [-0.15, -0.1) is 0 Å². The van der Waals surface area contributed by atoms with Crippen LogP contribution in [0, 0.1) is 6.92 Å². The lowest BCUT2D eigenvalue weighted by atomic mass is 10.1. The van der Waals surface area contributed by atoms with Gasteiger partial charge in [0.25, 0.3) is 0 Å². The van der Waals surface area contributed by atoms with Gasteiger partial charge in [0.05, 0.1) is 20.8 Å². The monoisotopic (exact) mass is 215 g/mol. The van der Waals surface area contributed by atoms with Crippen molar-refractivity contribution < 1.29 is 9.57 Å². The molecule has 3 nitrogen and oxygen atoms in total. The second kappa shape index (κ2) is 5.20. The van der Waals surface area contributed by atoms with Gasteiger partial charge in [0.1, 0.15) is 5.75 Å². The zero-order chi connectivity index (χ0) is 10.6. The highest BCUT2D eigenvalue weighted by molar-refractivity contribution is 6.31. The van der Waals surface area contributed by atoms with Crippen molar-refractivity contribution >= 4 is 11.6 Å². The molecule has 1 aromatic carbocycles. The summed E-state index contributed by atoms with van der Waals surface area (Å²) in [6.07, 6.45) is 0. The Hall–Kier alpha value is -0.770. The minimum absolute atomic E-state index is 0.528. The number of halogens is 1. The number of aryl methyl sites for hydroxylation is 1. The van der Waals surface area contributed by atoms with Crippen molar-refractivity contribution in [1.82, 2.24) is 5.48 Å². The van der Waals surface area contributed by atoms with E-state index in [2.05, 4.69) is 5.48 Å². The number of hydrogen-bond acceptors (Lipinski definition) is 3. The molecule has 4 heteroatoms. The van der Waals surface area contributed by atoms with Crippen LogP contribution >= 0.6 is 11.6 Å². The van der Waals surface area contributed by atoms with Crippen LogP contribution in [-0.4, -0.2) is 14.2 Å². The summed E-state index contributed by atoms with van der Waals surface area (Å²) in [7, 11) is 3.20. The standard InChI is InChI=1S/C10H14ClNO2/c1-7-4-5-9(11)8(6-12-14-3)10(7)13-2/h4-5,12H,6H2,1-3H3. The van der Waals surface area contributed by atoms with E-state index in [1.165, 1.54) is 0 Å². The molecule has 14 heavy (non-hydrogen) atoms. The van der Waals surface area contributed by atoms with Crippen molar-refractivity contribution in [3.8, 4) is 5.75 Å². The van der Waals surface area contributed by atoms with Crippen LogP contribution in [0.15, 0.2) is 12.1 Å². The summed E-state index contributed by atoms with van der Waals surface area (Å²) in [5.74, 6) is 0.807. The first kappa shape index (κ1) is 11.3. The predicted molar refractivity (Wildman–Crippen MR) is 56.6 cm³/mol. The number of ether oxygens (including phenoxy) is 1. The van der Waals surface area contributed by atoms with Gasteiger partial charge in [0, 0.05) is 10.6 Å². The van der Waals surface area contributed by atoms with Crippen molar-refractivity contribution in [2.24, 2.45) is 0 Å². The Morgan fingerprint density at radius 1 is 1.36 bits per heavy atom. The molecule has 0 saturated heterocycles. The Bertz CT molecular complexity index is 315. The SMILES string of the molecule is CONCc1c(Cl)ccc(C)c1OC. The molecule has 0 radical (unpaired) electrons. The summed E-state index contributed by atoms with van der Waals surface area (Å²) in [5, 5.41) is 0.678. The Morgan fingerprint density at radius 2 is 2.07 bits per heavy atom. The van der Waals surface area contributed by atoms with Crippen molar-refractivity contribution in [3.05, 3.63) is 28.3 Å². The first-order valence-electron chi connectivity index (χ1n) is 4.28. The summed E-state index contributed by atoms with van der Waals surface area (Å²) in [6, 6.07) is 3.78. The zero-order valence-corrected chi connectivity index (χ0v) is 9.31. The second-order valence-electron chi connectivity index (χ2n) is 2.90. The first-order chi connectivity index (χ1) is 6.70. The summed E-state index contributed by atoms with van der Waals surface area (Å²) >= 11 is 6.04. The van der Waals surface area contributed by atoms with Crippen molar-refractivity contribution in [3.63, 3.8) is 0 Å². The zero-order valence-electron chi connectivity index (χ0n) is 8.56. The van der Waals surface area contributed by atoms with Gasteiger partial charge in [-0.3, -0.25) is 0 Å². The van der Waals surface area contributed by atoms with E-state index in [9.17, 15) is 0 Å². The third-order valence-corrected chi connectivity index (χ3v) is 2.35. The molecule has 1 aromatic rings. The van der Waals surface area contributed by atoms with E-state index in [-0.39, 0.29) is 0 Å². The lowest BCUT2D eigenvalue weighted by Crippen LogP contribution is -2.12. The molecule has 0 atom stereocenters. The molecule has 0 amide bonds. The molecule has 0 aromatic heterocycles. The van der Waals surface area contributed by atoms with E-state index in [0.29, 0.717) is 11.6 Å². The second-order valence-corrected chi connectivity index (χ2v) is 3.31. The summed E-state index contributed by atoms with van der Waals surface area (Å²) in [5.41, 5.74) is 4.72. The van der Waals surface area contributed by atoms with E-state index in [1.54, 1.807) is 14.2 Å². The Kier molecular flexibility index (Phi) is 4.20. The third-order valence-electron chi connectivity index (χ3n) is 2.00. The van der Waals surface area contributed by atoms with Crippen LogP contribution in [0.4, 0.5) is 0 Å². The fraction of sp³-hybridized carbons (Fsp3) is 0.400. The maximum Gasteiger partial charge on any atom is 0.127 e. The smallest absolute Gasteiger partial charge is 0.127 e. The molecule has 78 valence electrons. The van der Waals surface area contributed by atoms with Crippen LogP contribution in [0.25, 0.3) is 0 Å². The Balaban J connectivity index is 3.03. The number of benzene rings is 1. The molecule has 1 N–H and O–H groups in total. The quantitative estimate of drug-likeness (QED) is 0.782. The minimum Gasteiger partial charge on any atom is -0.496 e. The molecule has 0 spiro atoms. The highest BCUT2D eigenvalue weighted by Crippen LogP contribution is 2.29. The normalized spacial score (nSPS) is 10.3. The predicted octanol–water partition coefficient (Wildman–Crippen LogP) is 2.31. The molecule has 0 unspecified atom stereocenters. The van der Waals surface area contributed by atoms with Gasteiger partial charge in [0.2, 0.25) is 0 Å². The summed E-state index contributed by atoms with van der Waals surface area (Å²) in [6.45, 7) is 2.51. The molecular formula is C10H14ClNO2. The highest BCUT2D eigenvalue weighted by atomic mass is 35.5. The molecule has 0 heterocycles. The molecule has 1 rings (SSSR count). The molecule has 0 saturated carbocycles. The van der Waals surface area contributed by atoms with Crippen LogP contribution in [0.5, 0.6) is 5.75 Å². The van der Waals surface area contributed by atoms with Crippen LogP contribution < -0.4 is 10.2 Å². The van der Waals surface area contributed by atoms with Crippen LogP contribution in [-0.2, 0) is 11.4 Å². The third kappa shape index (κ3) is 2.38. The maximum absolute atomic E-state index is 6.04. The van der Waals surface area contributed by atoms with E-state index in [4.69, 9.17) is 21.2 Å². The lowest BCUT2D eigenvalue weighted by molar-refractivity contribution is 0.0861. The number of methoxy groups -OCH3 is 1. The molecular weight excluding hydrogens is 202 g/mol. The number of rotatable bonds is 4. The summed E-state index contributed by atoms with van der Waals surface area (Å²) in [4.78, 5) is 4.78. The Labute approximate surface area is 88.9 Å². The van der Waals surface area contributed by atoms with E-state index in [0.717, 1.165) is 16.9 Å². The number of nitrogens with one attached hydrogen (secondary N) is 1. The average Bonchev–Trinajstić information content (AvgIpc) is 2.19. The maximum atomic E-state index is 6.04. The number of hydrogen-bond donors (Lipinski definition) is 1. The topological polar surface area (TPSA) is 30.5 Å². The lowest BCUT2D eigenvalue weighted by Gasteiger charge is -2.12. The minimum atomic E-state index is 0.528. The van der Waals surface area contributed by atoms with Gasteiger partial charge in [-0.1, -0.05) is 17.7 Å². The molecule has 0 aliphatic carbocycles. The van der Waals surface area contributed by atoms with Crippen LogP contribution in [0.1, 0.15) is 11.1 Å². The van der Waals surface area contributed by atoms with Crippen molar-refractivity contribution in [2.45, 2.75) is 13.5 Å². The molecule has 0 aliphatic heterocycles. The van der Waals surface area contributed by atoms with Crippen molar-refractivity contribution in [1.29, 1.82) is 0 Å². The van der Waals surface area contributed by atoms with E-state index in [1.807, 2.05) is 19.1 Å². The molecule has 0 bridgehead atoms. The first-order valence-corrected chi connectivity index (χ1v) is 4.66. The average molecular weight is 216 g/mol. The van der Waals surface area contributed by atoms with Crippen molar-refractivity contribution in [2.75, 3.05) is 14.2 Å². The van der Waals surface area contributed by atoms with Crippen LogP contribution in [0.3, 0.4) is 0 Å². The van der Waals surface area contributed by atoms with Gasteiger partial charge >= 0.3 is 0 Å². The fourth-order valence-corrected chi connectivity index (χ4v) is 1.53. The number of hydroxylamine groups is 1. The van der Waals surface area contributed by atoms with Gasteiger partial charge in [-0.05, 0) is 18.6 Å². The molecule has 0 fully saturated rings. The van der Waals surface area contributed by atoms with Gasteiger partial charge in [0.15, 0.2) is 0 Å². The van der Waals surface area contributed by atoms with Gasteiger partial charge < -0.3 is 9.57 Å². The van der Waals surface area contributed by atoms with Crippen LogP contribution in [0.2, 0.25) is 5.02 Å². The summed E-state index contributed by atoms with van der Waals surface area (Å²) < 4.78 is 5.27. The van der Waals surface area contributed by atoms with E-state index >= 15 is 0 Å². The fourth-order valence-electron chi connectivity index (χ4n) is 1.31. The Morgan fingerprint density at radius 3 is 2.64 bits per heavy atom. The largest absolute Gasteiger partial charge is 0.496 e. The van der Waals surface area contributed by atoms with E-state index < -0.39 is 0 Å².